The number of benzene rings is 3. The number of ketones is 1. The molecule has 0 amide bonds. The third-order valence-corrected chi connectivity index (χ3v) is 5.21. The lowest BCUT2D eigenvalue weighted by Crippen LogP contribution is -2.10. The van der Waals surface area contributed by atoms with Gasteiger partial charge in [-0.05, 0) is 42.8 Å². The van der Waals surface area contributed by atoms with Crippen LogP contribution in [0.15, 0.2) is 60.4 Å². The highest BCUT2D eigenvalue weighted by Gasteiger charge is 2.31. The number of nitrogens with zero attached hydrogens (tertiary/aromatic N) is 1. The van der Waals surface area contributed by atoms with Crippen molar-refractivity contribution in [3.63, 3.8) is 0 Å². The van der Waals surface area contributed by atoms with Crippen LogP contribution in [0, 0.1) is 17.0 Å². The third kappa shape index (κ3) is 4.31. The summed E-state index contributed by atoms with van der Waals surface area (Å²) in [7, 11) is 2.95. The Balaban J connectivity index is 1.61. The van der Waals surface area contributed by atoms with Crippen molar-refractivity contribution >= 4 is 23.5 Å². The number of rotatable bonds is 6. The number of fused-ring (bicyclic) bond motifs is 1. The van der Waals surface area contributed by atoms with Crippen molar-refractivity contribution in [2.75, 3.05) is 14.2 Å². The Kier molecular flexibility index (Phi) is 6.01. The monoisotopic (exact) mass is 461 g/mol. The fourth-order valence-corrected chi connectivity index (χ4v) is 3.44. The van der Waals surface area contributed by atoms with Gasteiger partial charge in [0.1, 0.15) is 23.0 Å². The molecular weight excluding hydrogens is 442 g/mol. The third-order valence-electron chi connectivity index (χ3n) is 5.21. The number of hydrogen-bond donors (Lipinski definition) is 0. The van der Waals surface area contributed by atoms with Gasteiger partial charge in [0.05, 0.1) is 30.3 Å². The number of carbonyl (C=O) groups excluding carboxylic acids is 2. The van der Waals surface area contributed by atoms with E-state index in [0.717, 1.165) is 0 Å². The zero-order valence-electron chi connectivity index (χ0n) is 18.5. The number of nitro groups is 1. The summed E-state index contributed by atoms with van der Waals surface area (Å²) in [6.45, 7) is 1.66. The Labute approximate surface area is 194 Å². The molecule has 9 heteroatoms. The molecule has 3 aromatic carbocycles. The average Bonchev–Trinajstić information content (AvgIpc) is 3.16. The summed E-state index contributed by atoms with van der Waals surface area (Å²) in [6, 6.07) is 13.5. The number of allylic oxidation sites excluding steroid dienone is 1. The Morgan fingerprint density at radius 2 is 1.74 bits per heavy atom. The van der Waals surface area contributed by atoms with E-state index in [1.165, 1.54) is 62.8 Å². The predicted octanol–water partition coefficient (Wildman–Crippen LogP) is 4.76. The van der Waals surface area contributed by atoms with Crippen molar-refractivity contribution in [3.05, 3.63) is 92.7 Å². The lowest BCUT2D eigenvalue weighted by molar-refractivity contribution is -0.384. The number of Topliss-reactive ketones (excluding diaryl/α,β-unsaturated/α-hetero) is 1. The topological polar surface area (TPSA) is 114 Å². The maximum Gasteiger partial charge on any atom is 0.343 e. The maximum absolute atomic E-state index is 12.8. The number of nitro benzene ring substituents is 1. The molecule has 0 N–H and O–H groups in total. The molecule has 0 radical (unpaired) electrons. The van der Waals surface area contributed by atoms with Crippen LogP contribution < -0.4 is 18.9 Å². The van der Waals surface area contributed by atoms with Crippen LogP contribution in [0.5, 0.6) is 23.0 Å². The molecule has 0 bridgehead atoms. The van der Waals surface area contributed by atoms with Crippen molar-refractivity contribution in [1.82, 2.24) is 0 Å². The molecule has 4 rings (SSSR count). The molecule has 0 saturated carbocycles. The Morgan fingerprint density at radius 3 is 2.38 bits per heavy atom. The van der Waals surface area contributed by atoms with Gasteiger partial charge in [0, 0.05) is 23.8 Å². The van der Waals surface area contributed by atoms with Gasteiger partial charge in [0.15, 0.2) is 5.76 Å². The van der Waals surface area contributed by atoms with E-state index in [1.54, 1.807) is 19.1 Å². The van der Waals surface area contributed by atoms with E-state index in [1.807, 2.05) is 0 Å². The number of ether oxygens (including phenoxy) is 4. The Bertz CT molecular complexity index is 1340. The number of carbonyl (C=O) groups is 2. The van der Waals surface area contributed by atoms with Crippen molar-refractivity contribution < 1.29 is 33.5 Å². The molecule has 0 unspecified atom stereocenters. The minimum Gasteiger partial charge on any atom is -0.497 e. The second-order valence-electron chi connectivity index (χ2n) is 7.35. The van der Waals surface area contributed by atoms with E-state index in [-0.39, 0.29) is 34.3 Å². The molecule has 3 aromatic rings. The van der Waals surface area contributed by atoms with Gasteiger partial charge in [-0.3, -0.25) is 14.9 Å². The van der Waals surface area contributed by atoms with Crippen molar-refractivity contribution in [2.45, 2.75) is 6.92 Å². The first-order valence-corrected chi connectivity index (χ1v) is 10.1. The van der Waals surface area contributed by atoms with Crippen molar-refractivity contribution in [3.8, 4) is 23.0 Å². The molecule has 0 aliphatic carbocycles. The number of non-ortho nitro benzene ring substituents is 1. The molecule has 1 heterocycles. The van der Waals surface area contributed by atoms with Crippen molar-refractivity contribution in [2.24, 2.45) is 0 Å². The van der Waals surface area contributed by atoms with Gasteiger partial charge in [-0.2, -0.15) is 0 Å². The molecule has 0 atom stereocenters. The van der Waals surface area contributed by atoms with Crippen LogP contribution in [0.25, 0.3) is 6.08 Å². The molecule has 0 fully saturated rings. The number of esters is 1. The Morgan fingerprint density at radius 1 is 1.03 bits per heavy atom. The quantitative estimate of drug-likeness (QED) is 0.170. The lowest BCUT2D eigenvalue weighted by atomic mass is 10.1. The minimum atomic E-state index is -0.642. The van der Waals surface area contributed by atoms with Crippen LogP contribution in [0.3, 0.4) is 0 Å². The van der Waals surface area contributed by atoms with Gasteiger partial charge in [-0.25, -0.2) is 4.79 Å². The average molecular weight is 461 g/mol. The standard InChI is InChI=1S/C25H19NO8/c1-14-21(34-25(28)16-11-18(31-2)13-19(12-16)32-3)8-7-20-23(27)22(33-24(14)20)10-15-5-4-6-17(9-15)26(29)30/h4-13H,1-3H3/b22-10-. The SMILES string of the molecule is COc1cc(OC)cc(C(=O)Oc2ccc3c(c2C)O/C(=C\c2cccc([N+](=O)[O-])c2)C3=O)c1. The van der Waals surface area contributed by atoms with Gasteiger partial charge in [0.25, 0.3) is 5.69 Å². The molecule has 172 valence electrons. The van der Waals surface area contributed by atoms with Gasteiger partial charge in [0.2, 0.25) is 5.78 Å². The van der Waals surface area contributed by atoms with Gasteiger partial charge >= 0.3 is 5.97 Å². The van der Waals surface area contributed by atoms with Crippen LogP contribution in [0.4, 0.5) is 5.69 Å². The zero-order chi connectivity index (χ0) is 24.4. The summed E-state index contributed by atoms with van der Waals surface area (Å²) in [6.07, 6.45) is 1.43. The highest BCUT2D eigenvalue weighted by molar-refractivity contribution is 6.15. The second kappa shape index (κ2) is 9.07. The molecule has 0 aromatic heterocycles. The summed E-state index contributed by atoms with van der Waals surface area (Å²) >= 11 is 0. The van der Waals surface area contributed by atoms with Gasteiger partial charge in [-0.1, -0.05) is 12.1 Å². The van der Waals surface area contributed by atoms with Crippen LogP contribution in [-0.4, -0.2) is 30.9 Å². The smallest absolute Gasteiger partial charge is 0.343 e. The fraction of sp³-hybridized carbons (Fsp3) is 0.120. The first kappa shape index (κ1) is 22.5. The van der Waals surface area contributed by atoms with Gasteiger partial charge in [-0.15, -0.1) is 0 Å². The highest BCUT2D eigenvalue weighted by Crippen LogP contribution is 2.39. The highest BCUT2D eigenvalue weighted by atomic mass is 16.6. The molecule has 0 spiro atoms. The first-order valence-electron chi connectivity index (χ1n) is 10.1. The van der Waals surface area contributed by atoms with E-state index in [4.69, 9.17) is 18.9 Å². The van der Waals surface area contributed by atoms with E-state index < -0.39 is 10.9 Å². The zero-order valence-corrected chi connectivity index (χ0v) is 18.5. The largest absolute Gasteiger partial charge is 0.497 e. The lowest BCUT2D eigenvalue weighted by Gasteiger charge is -2.11. The number of hydrogen-bond acceptors (Lipinski definition) is 8. The normalized spacial score (nSPS) is 13.3. The number of methoxy groups -OCH3 is 2. The van der Waals surface area contributed by atoms with E-state index >= 15 is 0 Å². The molecular formula is C25H19NO8. The predicted molar refractivity (Wildman–Crippen MR) is 122 cm³/mol. The summed E-state index contributed by atoms with van der Waals surface area (Å²) in [5, 5.41) is 11.0. The Hall–Kier alpha value is -4.66. The van der Waals surface area contributed by atoms with Crippen LogP contribution in [-0.2, 0) is 0 Å². The van der Waals surface area contributed by atoms with Crippen molar-refractivity contribution in [1.29, 1.82) is 0 Å². The first-order chi connectivity index (χ1) is 16.3. The maximum atomic E-state index is 12.8. The fourth-order valence-electron chi connectivity index (χ4n) is 3.44. The molecule has 1 aliphatic heterocycles. The second-order valence-corrected chi connectivity index (χ2v) is 7.35. The minimum absolute atomic E-state index is 0.0135. The van der Waals surface area contributed by atoms with E-state index in [9.17, 15) is 19.7 Å². The van der Waals surface area contributed by atoms with Crippen LogP contribution in [0.1, 0.15) is 31.8 Å². The summed E-state index contributed by atoms with van der Waals surface area (Å²) in [4.78, 5) is 36.0. The molecule has 0 saturated heterocycles. The molecule has 9 nitrogen and oxygen atoms in total. The molecule has 34 heavy (non-hydrogen) atoms. The molecule has 1 aliphatic rings. The summed E-state index contributed by atoms with van der Waals surface area (Å²) in [5.41, 5.74) is 1.33. The van der Waals surface area contributed by atoms with E-state index in [0.29, 0.717) is 28.2 Å². The summed E-state index contributed by atoms with van der Waals surface area (Å²) < 4.78 is 21.7. The van der Waals surface area contributed by atoms with Crippen LogP contribution in [0.2, 0.25) is 0 Å². The summed E-state index contributed by atoms with van der Waals surface area (Å²) in [5.74, 6) is 0.338. The van der Waals surface area contributed by atoms with E-state index in [2.05, 4.69) is 0 Å². The van der Waals surface area contributed by atoms with Gasteiger partial charge < -0.3 is 18.9 Å². The van der Waals surface area contributed by atoms with Crippen LogP contribution >= 0.6 is 0 Å².